The molecule has 0 spiro atoms. The Kier molecular flexibility index (Phi) is 5.33. The minimum Gasteiger partial charge on any atom is -0.480 e. The summed E-state index contributed by atoms with van der Waals surface area (Å²) in [4.78, 5) is 29.0. The zero-order valence-electron chi connectivity index (χ0n) is 12.0. The van der Waals surface area contributed by atoms with Crippen molar-refractivity contribution in [1.29, 1.82) is 0 Å². The Hall–Kier alpha value is -1.18. The summed E-state index contributed by atoms with van der Waals surface area (Å²) in [6.45, 7) is 7.61. The van der Waals surface area contributed by atoms with Crippen LogP contribution in [0, 0.1) is 0 Å². The van der Waals surface area contributed by atoms with Crippen LogP contribution in [-0.4, -0.2) is 96.8 Å². The van der Waals surface area contributed by atoms with Gasteiger partial charge in [0.2, 0.25) is 5.91 Å². The van der Waals surface area contributed by atoms with E-state index in [1.54, 1.807) is 6.92 Å². The minimum absolute atomic E-state index is 0.134. The second kappa shape index (κ2) is 7.01. The van der Waals surface area contributed by atoms with Gasteiger partial charge in [-0.1, -0.05) is 0 Å². The van der Waals surface area contributed by atoms with Gasteiger partial charge in [0.25, 0.3) is 0 Å². The second-order valence-electron chi connectivity index (χ2n) is 5.32. The molecular weight excluding hydrogens is 262 g/mol. The van der Waals surface area contributed by atoms with Gasteiger partial charge in [-0.2, -0.15) is 0 Å². The molecule has 7 heteroatoms. The van der Waals surface area contributed by atoms with Crippen molar-refractivity contribution in [1.82, 2.24) is 14.7 Å². The molecule has 20 heavy (non-hydrogen) atoms. The number of piperazine rings is 1. The van der Waals surface area contributed by atoms with E-state index in [2.05, 4.69) is 4.90 Å². The first kappa shape index (κ1) is 15.2. The van der Waals surface area contributed by atoms with Crippen molar-refractivity contribution in [3.8, 4) is 0 Å². The van der Waals surface area contributed by atoms with Crippen molar-refractivity contribution in [2.75, 3.05) is 59.0 Å². The molecule has 114 valence electrons. The highest BCUT2D eigenvalue weighted by molar-refractivity contribution is 5.78. The zero-order chi connectivity index (χ0) is 14.5. The largest absolute Gasteiger partial charge is 0.480 e. The maximum atomic E-state index is 12.2. The molecule has 2 heterocycles. The van der Waals surface area contributed by atoms with Crippen LogP contribution in [0.4, 0.5) is 0 Å². The third-order valence-corrected chi connectivity index (χ3v) is 4.03. The highest BCUT2D eigenvalue weighted by atomic mass is 16.5. The molecule has 0 aliphatic carbocycles. The molecule has 2 rings (SSSR count). The summed E-state index contributed by atoms with van der Waals surface area (Å²) >= 11 is 0. The van der Waals surface area contributed by atoms with Crippen molar-refractivity contribution < 1.29 is 19.4 Å². The number of ether oxygens (including phenoxy) is 1. The molecule has 1 unspecified atom stereocenters. The Labute approximate surface area is 119 Å². The summed E-state index contributed by atoms with van der Waals surface area (Å²) in [5.41, 5.74) is 0. The van der Waals surface area contributed by atoms with Gasteiger partial charge in [0.1, 0.15) is 6.04 Å². The van der Waals surface area contributed by atoms with Crippen molar-refractivity contribution in [2.45, 2.75) is 13.0 Å². The monoisotopic (exact) mass is 285 g/mol. The quantitative estimate of drug-likeness (QED) is 0.709. The maximum Gasteiger partial charge on any atom is 0.320 e. The second-order valence-corrected chi connectivity index (χ2v) is 5.32. The molecule has 2 fully saturated rings. The number of carboxylic acid groups (broad SMARTS) is 1. The number of carbonyl (C=O) groups excluding carboxylic acids is 1. The van der Waals surface area contributed by atoms with Gasteiger partial charge in [-0.3, -0.25) is 19.4 Å². The van der Waals surface area contributed by atoms with Crippen LogP contribution < -0.4 is 0 Å². The van der Waals surface area contributed by atoms with E-state index in [4.69, 9.17) is 9.84 Å². The highest BCUT2D eigenvalue weighted by Gasteiger charge is 2.27. The lowest BCUT2D eigenvalue weighted by atomic mass is 10.2. The van der Waals surface area contributed by atoms with E-state index in [-0.39, 0.29) is 5.91 Å². The summed E-state index contributed by atoms with van der Waals surface area (Å²) in [5, 5.41) is 8.98. The molecular formula is C13H23N3O4. The maximum absolute atomic E-state index is 12.2. The lowest BCUT2D eigenvalue weighted by molar-refractivity contribution is -0.144. The van der Waals surface area contributed by atoms with Crippen LogP contribution in [-0.2, 0) is 14.3 Å². The Morgan fingerprint density at radius 3 is 2.25 bits per heavy atom. The van der Waals surface area contributed by atoms with E-state index in [0.29, 0.717) is 45.9 Å². The fourth-order valence-electron chi connectivity index (χ4n) is 2.57. The van der Waals surface area contributed by atoms with E-state index in [1.807, 2.05) is 9.80 Å². The Bertz CT molecular complexity index is 350. The number of carbonyl (C=O) groups is 2. The van der Waals surface area contributed by atoms with Crippen LogP contribution in [0.5, 0.6) is 0 Å². The lowest BCUT2D eigenvalue weighted by Gasteiger charge is -2.37. The molecule has 0 radical (unpaired) electrons. The summed E-state index contributed by atoms with van der Waals surface area (Å²) in [6, 6.07) is -0.480. The molecule has 1 atom stereocenters. The molecule has 0 aromatic carbocycles. The molecule has 7 nitrogen and oxygen atoms in total. The van der Waals surface area contributed by atoms with E-state index in [1.165, 1.54) is 0 Å². The third kappa shape index (κ3) is 3.91. The van der Waals surface area contributed by atoms with Crippen LogP contribution in [0.1, 0.15) is 6.92 Å². The van der Waals surface area contributed by atoms with Gasteiger partial charge < -0.3 is 14.7 Å². The topological polar surface area (TPSA) is 73.3 Å². The zero-order valence-corrected chi connectivity index (χ0v) is 12.0. The van der Waals surface area contributed by atoms with Crippen molar-refractivity contribution in [3.63, 3.8) is 0 Å². The van der Waals surface area contributed by atoms with Crippen LogP contribution in [0.2, 0.25) is 0 Å². The molecule has 1 amide bonds. The average Bonchev–Trinajstić information content (AvgIpc) is 2.47. The number of carboxylic acids is 1. The number of morpholine rings is 1. The van der Waals surface area contributed by atoms with E-state index < -0.39 is 12.0 Å². The Balaban J connectivity index is 1.75. The van der Waals surface area contributed by atoms with Crippen LogP contribution in [0.3, 0.4) is 0 Å². The SMILES string of the molecule is CC(C(=O)O)N1CCN(C(=O)CN2CCOCC2)CC1. The number of aliphatic carboxylic acids is 1. The standard InChI is InChI=1S/C13H23N3O4/c1-11(13(18)19)15-2-4-16(5-3-15)12(17)10-14-6-8-20-9-7-14/h11H,2-10H2,1H3,(H,18,19). The van der Waals surface area contributed by atoms with E-state index in [9.17, 15) is 9.59 Å². The van der Waals surface area contributed by atoms with Gasteiger partial charge in [0.05, 0.1) is 19.8 Å². The van der Waals surface area contributed by atoms with Crippen LogP contribution in [0.15, 0.2) is 0 Å². The molecule has 2 saturated heterocycles. The van der Waals surface area contributed by atoms with Crippen molar-refractivity contribution in [2.24, 2.45) is 0 Å². The molecule has 0 aromatic rings. The Morgan fingerprint density at radius 2 is 1.70 bits per heavy atom. The van der Waals surface area contributed by atoms with Gasteiger partial charge in [-0.15, -0.1) is 0 Å². The molecule has 0 bridgehead atoms. The van der Waals surface area contributed by atoms with Crippen LogP contribution >= 0.6 is 0 Å². The molecule has 0 saturated carbocycles. The van der Waals surface area contributed by atoms with Gasteiger partial charge in [-0.05, 0) is 6.92 Å². The first-order valence-corrected chi connectivity index (χ1v) is 7.12. The van der Waals surface area contributed by atoms with Gasteiger partial charge in [0, 0.05) is 39.3 Å². The first-order valence-electron chi connectivity index (χ1n) is 7.12. The lowest BCUT2D eigenvalue weighted by Crippen LogP contribution is -2.55. The number of amides is 1. The summed E-state index contributed by atoms with van der Waals surface area (Å²) < 4.78 is 5.26. The summed E-state index contributed by atoms with van der Waals surface area (Å²) in [5.74, 6) is -0.673. The first-order chi connectivity index (χ1) is 9.58. The fraction of sp³-hybridized carbons (Fsp3) is 0.846. The minimum atomic E-state index is -0.807. The third-order valence-electron chi connectivity index (χ3n) is 4.03. The predicted octanol–water partition coefficient (Wildman–Crippen LogP) is -1.06. The molecule has 1 N–H and O–H groups in total. The number of rotatable bonds is 4. The summed E-state index contributed by atoms with van der Waals surface area (Å²) in [6.07, 6.45) is 0. The average molecular weight is 285 g/mol. The normalized spacial score (nSPS) is 23.6. The van der Waals surface area contributed by atoms with Crippen LogP contribution in [0.25, 0.3) is 0 Å². The predicted molar refractivity (Wildman–Crippen MR) is 72.5 cm³/mol. The van der Waals surface area contributed by atoms with E-state index >= 15 is 0 Å². The number of hydrogen-bond donors (Lipinski definition) is 1. The molecule has 2 aliphatic heterocycles. The molecule has 2 aliphatic rings. The Morgan fingerprint density at radius 1 is 1.10 bits per heavy atom. The van der Waals surface area contributed by atoms with Crippen molar-refractivity contribution >= 4 is 11.9 Å². The molecule has 0 aromatic heterocycles. The van der Waals surface area contributed by atoms with E-state index in [0.717, 1.165) is 13.1 Å². The van der Waals surface area contributed by atoms with Crippen molar-refractivity contribution in [3.05, 3.63) is 0 Å². The fourth-order valence-corrected chi connectivity index (χ4v) is 2.57. The van der Waals surface area contributed by atoms with Gasteiger partial charge in [-0.25, -0.2) is 0 Å². The highest BCUT2D eigenvalue weighted by Crippen LogP contribution is 2.08. The number of nitrogens with zero attached hydrogens (tertiary/aromatic N) is 3. The van der Waals surface area contributed by atoms with Gasteiger partial charge in [0.15, 0.2) is 0 Å². The van der Waals surface area contributed by atoms with Gasteiger partial charge >= 0.3 is 5.97 Å². The summed E-state index contributed by atoms with van der Waals surface area (Å²) in [7, 11) is 0. The smallest absolute Gasteiger partial charge is 0.320 e. The number of hydrogen-bond acceptors (Lipinski definition) is 5.